The number of ether oxygens (including phenoxy) is 1. The molecule has 0 aliphatic carbocycles. The van der Waals surface area contributed by atoms with Crippen LogP contribution in [0.4, 0.5) is 0 Å². The third-order valence-corrected chi connectivity index (χ3v) is 2.77. The summed E-state index contributed by atoms with van der Waals surface area (Å²) < 4.78 is 8.61. The maximum absolute atomic E-state index is 5.68. The van der Waals surface area contributed by atoms with E-state index >= 15 is 0 Å². The molecule has 0 radical (unpaired) electrons. The number of rotatable bonds is 4. The van der Waals surface area contributed by atoms with Crippen molar-refractivity contribution in [3.8, 4) is 5.75 Å². The Hall–Kier alpha value is -1.29. The van der Waals surface area contributed by atoms with Crippen LogP contribution in [-0.4, -0.2) is 16.4 Å². The zero-order valence-electron chi connectivity index (χ0n) is 9.06. The third-order valence-electron chi connectivity index (χ3n) is 2.27. The first-order chi connectivity index (χ1) is 7.75. The fourth-order valence-corrected chi connectivity index (χ4v) is 1.93. The summed E-state index contributed by atoms with van der Waals surface area (Å²) in [6.45, 7) is 3.43. The second kappa shape index (κ2) is 5.16. The molecule has 0 N–H and O–H groups in total. The van der Waals surface area contributed by atoms with Crippen LogP contribution in [0.2, 0.25) is 0 Å². The van der Waals surface area contributed by atoms with E-state index in [4.69, 9.17) is 4.74 Å². The van der Waals surface area contributed by atoms with Crippen molar-refractivity contribution < 1.29 is 4.74 Å². The minimum atomic E-state index is 0.629. The molecule has 1 aromatic carbocycles. The largest absolute Gasteiger partial charge is 0.491 e. The first kappa shape index (κ1) is 11.2. The first-order valence-corrected chi connectivity index (χ1v) is 5.91. The van der Waals surface area contributed by atoms with E-state index in [1.165, 1.54) is 0 Å². The van der Waals surface area contributed by atoms with Gasteiger partial charge in [0.2, 0.25) is 0 Å². The van der Waals surface area contributed by atoms with Crippen molar-refractivity contribution in [2.75, 3.05) is 6.61 Å². The SMILES string of the molecule is Cc1cc(Br)ccc1OCCn1cccn1. The van der Waals surface area contributed by atoms with Gasteiger partial charge < -0.3 is 4.74 Å². The van der Waals surface area contributed by atoms with Crippen LogP contribution < -0.4 is 4.74 Å². The molecule has 0 saturated heterocycles. The normalized spacial score (nSPS) is 10.4. The number of benzene rings is 1. The minimum absolute atomic E-state index is 0.629. The lowest BCUT2D eigenvalue weighted by atomic mass is 10.2. The first-order valence-electron chi connectivity index (χ1n) is 5.12. The van der Waals surface area contributed by atoms with E-state index in [2.05, 4.69) is 21.0 Å². The van der Waals surface area contributed by atoms with E-state index in [0.717, 1.165) is 22.3 Å². The number of nitrogens with zero attached hydrogens (tertiary/aromatic N) is 2. The number of aromatic nitrogens is 2. The lowest BCUT2D eigenvalue weighted by molar-refractivity contribution is 0.289. The molecule has 4 heteroatoms. The van der Waals surface area contributed by atoms with Crippen LogP contribution in [0.5, 0.6) is 5.75 Å². The van der Waals surface area contributed by atoms with Crippen LogP contribution in [-0.2, 0) is 6.54 Å². The fraction of sp³-hybridized carbons (Fsp3) is 0.250. The maximum Gasteiger partial charge on any atom is 0.122 e. The number of aryl methyl sites for hydroxylation is 1. The van der Waals surface area contributed by atoms with Gasteiger partial charge in [0.1, 0.15) is 12.4 Å². The monoisotopic (exact) mass is 280 g/mol. The Kier molecular flexibility index (Phi) is 3.62. The Bertz CT molecular complexity index is 454. The zero-order chi connectivity index (χ0) is 11.4. The number of hydrogen-bond acceptors (Lipinski definition) is 2. The Morgan fingerprint density at radius 1 is 1.44 bits per heavy atom. The van der Waals surface area contributed by atoms with Gasteiger partial charge in [-0.2, -0.15) is 5.10 Å². The topological polar surface area (TPSA) is 27.1 Å². The molecule has 1 aromatic heterocycles. The van der Waals surface area contributed by atoms with Crippen LogP contribution in [0.3, 0.4) is 0 Å². The molecule has 0 unspecified atom stereocenters. The van der Waals surface area contributed by atoms with Gasteiger partial charge in [0.15, 0.2) is 0 Å². The molecule has 0 saturated carbocycles. The third kappa shape index (κ3) is 2.85. The van der Waals surface area contributed by atoms with E-state index in [-0.39, 0.29) is 0 Å². The van der Waals surface area contributed by atoms with Crippen LogP contribution in [0, 0.1) is 6.92 Å². The average Bonchev–Trinajstić information content (AvgIpc) is 2.74. The van der Waals surface area contributed by atoms with E-state index in [0.29, 0.717) is 6.61 Å². The Morgan fingerprint density at radius 3 is 3.00 bits per heavy atom. The van der Waals surface area contributed by atoms with Gasteiger partial charge in [-0.1, -0.05) is 15.9 Å². The Balaban J connectivity index is 1.90. The van der Waals surface area contributed by atoms with E-state index < -0.39 is 0 Å². The summed E-state index contributed by atoms with van der Waals surface area (Å²) in [5, 5.41) is 4.11. The highest BCUT2D eigenvalue weighted by atomic mass is 79.9. The lowest BCUT2D eigenvalue weighted by Crippen LogP contribution is -2.08. The summed E-state index contributed by atoms with van der Waals surface area (Å²) in [5.74, 6) is 0.926. The summed E-state index contributed by atoms with van der Waals surface area (Å²) >= 11 is 3.43. The quantitative estimate of drug-likeness (QED) is 0.861. The van der Waals surface area contributed by atoms with Crippen LogP contribution in [0.1, 0.15) is 5.56 Å². The van der Waals surface area contributed by atoms with Gasteiger partial charge in [0.25, 0.3) is 0 Å². The van der Waals surface area contributed by atoms with Gasteiger partial charge in [0.05, 0.1) is 6.54 Å². The molecular weight excluding hydrogens is 268 g/mol. The molecule has 3 nitrogen and oxygen atoms in total. The molecule has 84 valence electrons. The van der Waals surface area contributed by atoms with E-state index in [1.54, 1.807) is 6.20 Å². The van der Waals surface area contributed by atoms with Gasteiger partial charge in [-0.05, 0) is 36.8 Å². The van der Waals surface area contributed by atoms with Crippen molar-refractivity contribution in [2.45, 2.75) is 13.5 Å². The standard InChI is InChI=1S/C12H13BrN2O/c1-10-9-11(13)3-4-12(10)16-8-7-15-6-2-5-14-15/h2-6,9H,7-8H2,1H3. The molecule has 0 aliphatic heterocycles. The van der Waals surface area contributed by atoms with Gasteiger partial charge in [-0.25, -0.2) is 0 Å². The summed E-state index contributed by atoms with van der Waals surface area (Å²) in [6, 6.07) is 7.91. The van der Waals surface area contributed by atoms with Crippen molar-refractivity contribution in [3.63, 3.8) is 0 Å². The predicted octanol–water partition coefficient (Wildman–Crippen LogP) is 3.03. The fourth-order valence-electron chi connectivity index (χ4n) is 1.46. The highest BCUT2D eigenvalue weighted by molar-refractivity contribution is 9.10. The average molecular weight is 281 g/mol. The Morgan fingerprint density at radius 2 is 2.31 bits per heavy atom. The van der Waals surface area contributed by atoms with Gasteiger partial charge in [-0.3, -0.25) is 4.68 Å². The molecule has 0 amide bonds. The van der Waals surface area contributed by atoms with Crippen LogP contribution in [0.15, 0.2) is 41.1 Å². The smallest absolute Gasteiger partial charge is 0.122 e. The summed E-state index contributed by atoms with van der Waals surface area (Å²) in [7, 11) is 0. The van der Waals surface area contributed by atoms with E-state index in [1.807, 2.05) is 42.1 Å². The maximum atomic E-state index is 5.68. The number of halogens is 1. The minimum Gasteiger partial charge on any atom is -0.491 e. The molecule has 1 heterocycles. The Labute approximate surface area is 103 Å². The van der Waals surface area contributed by atoms with Crippen molar-refractivity contribution >= 4 is 15.9 Å². The molecule has 2 rings (SSSR count). The van der Waals surface area contributed by atoms with Crippen LogP contribution in [0.25, 0.3) is 0 Å². The molecule has 0 aliphatic rings. The second-order valence-electron chi connectivity index (χ2n) is 3.53. The highest BCUT2D eigenvalue weighted by Crippen LogP contribution is 2.21. The zero-order valence-corrected chi connectivity index (χ0v) is 10.6. The summed E-state index contributed by atoms with van der Waals surface area (Å²) in [4.78, 5) is 0. The summed E-state index contributed by atoms with van der Waals surface area (Å²) in [5.41, 5.74) is 1.13. The molecular formula is C12H13BrN2O. The van der Waals surface area contributed by atoms with Crippen molar-refractivity contribution in [2.24, 2.45) is 0 Å². The molecule has 16 heavy (non-hydrogen) atoms. The van der Waals surface area contributed by atoms with Crippen molar-refractivity contribution in [1.29, 1.82) is 0 Å². The number of hydrogen-bond donors (Lipinski definition) is 0. The molecule has 0 bridgehead atoms. The highest BCUT2D eigenvalue weighted by Gasteiger charge is 2.00. The molecule has 0 spiro atoms. The molecule has 0 atom stereocenters. The van der Waals surface area contributed by atoms with Gasteiger partial charge in [-0.15, -0.1) is 0 Å². The molecule has 0 fully saturated rings. The predicted molar refractivity (Wildman–Crippen MR) is 66.6 cm³/mol. The van der Waals surface area contributed by atoms with Crippen molar-refractivity contribution in [3.05, 3.63) is 46.7 Å². The van der Waals surface area contributed by atoms with Crippen LogP contribution >= 0.6 is 15.9 Å². The second-order valence-corrected chi connectivity index (χ2v) is 4.44. The van der Waals surface area contributed by atoms with Gasteiger partial charge in [0, 0.05) is 16.9 Å². The van der Waals surface area contributed by atoms with Gasteiger partial charge >= 0.3 is 0 Å². The molecule has 2 aromatic rings. The van der Waals surface area contributed by atoms with Crippen molar-refractivity contribution in [1.82, 2.24) is 9.78 Å². The lowest BCUT2D eigenvalue weighted by Gasteiger charge is -2.09. The van der Waals surface area contributed by atoms with E-state index in [9.17, 15) is 0 Å². The summed E-state index contributed by atoms with van der Waals surface area (Å²) in [6.07, 6.45) is 3.70.